The van der Waals surface area contributed by atoms with Crippen LogP contribution in [0.5, 0.6) is 0 Å². The van der Waals surface area contributed by atoms with E-state index in [1.807, 2.05) is 6.07 Å². The van der Waals surface area contributed by atoms with Crippen LogP contribution < -0.4 is 5.32 Å². The van der Waals surface area contributed by atoms with E-state index in [9.17, 15) is 0 Å². The zero-order chi connectivity index (χ0) is 12.1. The van der Waals surface area contributed by atoms with Gasteiger partial charge in [-0.2, -0.15) is 0 Å². The van der Waals surface area contributed by atoms with Gasteiger partial charge in [0.15, 0.2) is 0 Å². The van der Waals surface area contributed by atoms with Crippen molar-refractivity contribution >= 4 is 22.9 Å². The molecule has 1 aromatic heterocycles. The molecule has 2 rings (SSSR count). The molecule has 1 aromatic rings. The number of thiophene rings is 1. The van der Waals surface area contributed by atoms with Crippen LogP contribution in [0.2, 0.25) is 5.02 Å². The molecule has 96 valence electrons. The minimum atomic E-state index is 0.413. The molecule has 0 aromatic carbocycles. The Morgan fingerprint density at radius 2 is 2.29 bits per heavy atom. The Bertz CT molecular complexity index is 336. The summed E-state index contributed by atoms with van der Waals surface area (Å²) in [6, 6.07) is 2.41. The Balaban J connectivity index is 1.99. The van der Waals surface area contributed by atoms with Crippen LogP contribution in [0.15, 0.2) is 11.4 Å². The normalized spacial score (nSPS) is 19.4. The molecule has 4 heteroatoms. The molecule has 1 unspecified atom stereocenters. The van der Waals surface area contributed by atoms with Crippen LogP contribution in [-0.2, 0) is 4.74 Å². The second-order valence-electron chi connectivity index (χ2n) is 4.53. The Hall–Kier alpha value is -0.0900. The number of rotatable bonds is 5. The van der Waals surface area contributed by atoms with E-state index in [1.54, 1.807) is 11.3 Å². The van der Waals surface area contributed by atoms with Crippen molar-refractivity contribution in [2.75, 3.05) is 19.8 Å². The van der Waals surface area contributed by atoms with E-state index in [0.717, 1.165) is 30.7 Å². The predicted octanol–water partition coefficient (Wildman–Crippen LogP) is 3.87. The quantitative estimate of drug-likeness (QED) is 0.879. The van der Waals surface area contributed by atoms with E-state index < -0.39 is 0 Å². The average Bonchev–Trinajstić information content (AvgIpc) is 2.76. The van der Waals surface area contributed by atoms with Gasteiger partial charge in [0.1, 0.15) is 0 Å². The third kappa shape index (κ3) is 3.68. The van der Waals surface area contributed by atoms with Crippen LogP contribution in [0, 0.1) is 5.92 Å². The molecule has 0 spiro atoms. The van der Waals surface area contributed by atoms with Gasteiger partial charge in [0.2, 0.25) is 0 Å². The van der Waals surface area contributed by atoms with Crippen molar-refractivity contribution in [2.45, 2.75) is 32.2 Å². The van der Waals surface area contributed by atoms with E-state index >= 15 is 0 Å². The Morgan fingerprint density at radius 3 is 2.88 bits per heavy atom. The molecule has 2 heterocycles. The van der Waals surface area contributed by atoms with Crippen molar-refractivity contribution in [2.24, 2.45) is 5.92 Å². The first-order valence-corrected chi connectivity index (χ1v) is 7.61. The van der Waals surface area contributed by atoms with Crippen molar-refractivity contribution in [1.29, 1.82) is 0 Å². The highest BCUT2D eigenvalue weighted by molar-refractivity contribution is 7.10. The molecular formula is C13H20ClNOS. The van der Waals surface area contributed by atoms with Gasteiger partial charge in [0.05, 0.1) is 5.02 Å². The summed E-state index contributed by atoms with van der Waals surface area (Å²) in [5.74, 6) is 0.769. The summed E-state index contributed by atoms with van der Waals surface area (Å²) in [6.45, 7) is 4.98. The lowest BCUT2D eigenvalue weighted by Gasteiger charge is -2.26. The van der Waals surface area contributed by atoms with E-state index in [0.29, 0.717) is 6.04 Å². The van der Waals surface area contributed by atoms with Crippen LogP contribution in [0.1, 0.15) is 37.1 Å². The van der Waals surface area contributed by atoms with Crippen molar-refractivity contribution in [3.63, 3.8) is 0 Å². The van der Waals surface area contributed by atoms with Crippen molar-refractivity contribution in [1.82, 2.24) is 5.32 Å². The van der Waals surface area contributed by atoms with Gasteiger partial charge in [0, 0.05) is 24.1 Å². The molecule has 0 aliphatic carbocycles. The summed E-state index contributed by atoms with van der Waals surface area (Å²) in [7, 11) is 0. The molecule has 0 amide bonds. The molecule has 1 saturated heterocycles. The summed E-state index contributed by atoms with van der Waals surface area (Å²) < 4.78 is 5.41. The summed E-state index contributed by atoms with van der Waals surface area (Å²) >= 11 is 7.99. The maximum absolute atomic E-state index is 6.23. The summed E-state index contributed by atoms with van der Waals surface area (Å²) in [5, 5.41) is 6.54. The van der Waals surface area contributed by atoms with Gasteiger partial charge >= 0.3 is 0 Å². The van der Waals surface area contributed by atoms with Crippen molar-refractivity contribution in [3.8, 4) is 0 Å². The molecule has 1 fully saturated rings. The third-order valence-electron chi connectivity index (χ3n) is 3.32. The largest absolute Gasteiger partial charge is 0.381 e. The molecule has 0 bridgehead atoms. The first kappa shape index (κ1) is 13.3. The lowest BCUT2D eigenvalue weighted by atomic mass is 9.92. The first-order chi connectivity index (χ1) is 8.31. The van der Waals surface area contributed by atoms with E-state index in [4.69, 9.17) is 16.3 Å². The highest BCUT2D eigenvalue weighted by Crippen LogP contribution is 2.34. The topological polar surface area (TPSA) is 21.3 Å². The maximum atomic E-state index is 6.23. The molecule has 0 saturated carbocycles. The Morgan fingerprint density at radius 1 is 1.53 bits per heavy atom. The van der Waals surface area contributed by atoms with E-state index in [1.165, 1.54) is 24.1 Å². The van der Waals surface area contributed by atoms with Crippen molar-refractivity contribution < 1.29 is 4.74 Å². The van der Waals surface area contributed by atoms with E-state index in [-0.39, 0.29) is 0 Å². The second-order valence-corrected chi connectivity index (χ2v) is 5.89. The molecular weight excluding hydrogens is 254 g/mol. The average molecular weight is 274 g/mol. The van der Waals surface area contributed by atoms with Crippen LogP contribution >= 0.6 is 22.9 Å². The number of nitrogens with one attached hydrogen (secondary N) is 1. The molecule has 1 aliphatic heterocycles. The fraction of sp³-hybridized carbons (Fsp3) is 0.692. The van der Waals surface area contributed by atoms with Gasteiger partial charge in [-0.25, -0.2) is 0 Å². The smallest absolute Gasteiger partial charge is 0.0561 e. The van der Waals surface area contributed by atoms with Crippen LogP contribution in [-0.4, -0.2) is 19.8 Å². The zero-order valence-electron chi connectivity index (χ0n) is 10.2. The van der Waals surface area contributed by atoms with Gasteiger partial charge < -0.3 is 10.1 Å². The van der Waals surface area contributed by atoms with Gasteiger partial charge in [-0.1, -0.05) is 18.5 Å². The number of halogens is 1. The predicted molar refractivity (Wildman–Crippen MR) is 73.9 cm³/mol. The molecule has 0 radical (unpaired) electrons. The van der Waals surface area contributed by atoms with E-state index in [2.05, 4.69) is 17.6 Å². The summed E-state index contributed by atoms with van der Waals surface area (Å²) in [6.07, 6.45) is 3.55. The summed E-state index contributed by atoms with van der Waals surface area (Å²) in [5.41, 5.74) is 0. The third-order valence-corrected chi connectivity index (χ3v) is 4.79. The SMILES string of the molecule is CCNC(CC1CCOCC1)c1sccc1Cl. The second kappa shape index (κ2) is 6.74. The highest BCUT2D eigenvalue weighted by Gasteiger charge is 2.22. The standard InChI is InChI=1S/C13H20ClNOS/c1-2-15-12(13-11(14)5-8-17-13)9-10-3-6-16-7-4-10/h5,8,10,12,15H,2-4,6-7,9H2,1H3. The molecule has 1 N–H and O–H groups in total. The molecule has 17 heavy (non-hydrogen) atoms. The fourth-order valence-electron chi connectivity index (χ4n) is 2.40. The highest BCUT2D eigenvalue weighted by atomic mass is 35.5. The fourth-order valence-corrected chi connectivity index (χ4v) is 3.68. The lowest BCUT2D eigenvalue weighted by molar-refractivity contribution is 0.0607. The van der Waals surface area contributed by atoms with Crippen LogP contribution in [0.4, 0.5) is 0 Å². The number of hydrogen-bond donors (Lipinski definition) is 1. The minimum Gasteiger partial charge on any atom is -0.381 e. The number of hydrogen-bond acceptors (Lipinski definition) is 3. The summed E-state index contributed by atoms with van der Waals surface area (Å²) in [4.78, 5) is 1.29. The zero-order valence-corrected chi connectivity index (χ0v) is 11.8. The Labute approximate surface area is 112 Å². The number of ether oxygens (including phenoxy) is 1. The molecule has 1 aliphatic rings. The monoisotopic (exact) mass is 273 g/mol. The molecule has 2 nitrogen and oxygen atoms in total. The van der Waals surface area contributed by atoms with Crippen LogP contribution in [0.3, 0.4) is 0 Å². The maximum Gasteiger partial charge on any atom is 0.0561 e. The molecule has 1 atom stereocenters. The van der Waals surface area contributed by atoms with Crippen molar-refractivity contribution in [3.05, 3.63) is 21.3 Å². The van der Waals surface area contributed by atoms with Gasteiger partial charge in [0.25, 0.3) is 0 Å². The van der Waals surface area contributed by atoms with Crippen LogP contribution in [0.25, 0.3) is 0 Å². The Kier molecular flexibility index (Phi) is 5.29. The van der Waals surface area contributed by atoms with Gasteiger partial charge in [-0.3, -0.25) is 0 Å². The minimum absolute atomic E-state index is 0.413. The van der Waals surface area contributed by atoms with Gasteiger partial charge in [-0.05, 0) is 43.2 Å². The lowest BCUT2D eigenvalue weighted by Crippen LogP contribution is -2.25. The van der Waals surface area contributed by atoms with Gasteiger partial charge in [-0.15, -0.1) is 11.3 Å². The first-order valence-electron chi connectivity index (χ1n) is 6.35.